The third kappa shape index (κ3) is 5.05. The summed E-state index contributed by atoms with van der Waals surface area (Å²) in [4.78, 5) is 22.1. The number of carboxylic acids is 1. The molecule has 160 valence electrons. The van der Waals surface area contributed by atoms with Gasteiger partial charge in [0.25, 0.3) is 5.91 Å². The maximum atomic E-state index is 14.3. The van der Waals surface area contributed by atoms with Gasteiger partial charge in [-0.3, -0.25) is 9.59 Å². The van der Waals surface area contributed by atoms with Crippen molar-refractivity contribution in [3.05, 3.63) is 63.9 Å². The number of nitrogens with zero attached hydrogens (tertiary/aromatic N) is 1. The van der Waals surface area contributed by atoms with Crippen LogP contribution in [0.4, 0.5) is 4.39 Å². The molecule has 1 amide bonds. The molecule has 0 radical (unpaired) electrons. The zero-order valence-electron chi connectivity index (χ0n) is 15.8. The van der Waals surface area contributed by atoms with Gasteiger partial charge in [-0.25, -0.2) is 12.8 Å². The highest BCUT2D eigenvalue weighted by molar-refractivity contribution is 9.10. The molecule has 0 atom stereocenters. The molecule has 30 heavy (non-hydrogen) atoms. The van der Waals surface area contributed by atoms with Crippen molar-refractivity contribution >= 4 is 37.8 Å². The molecule has 0 bridgehead atoms. The van der Waals surface area contributed by atoms with Crippen LogP contribution in [0.15, 0.2) is 51.8 Å². The van der Waals surface area contributed by atoms with Gasteiger partial charge in [-0.15, -0.1) is 0 Å². The van der Waals surface area contributed by atoms with Crippen molar-refractivity contribution in [1.82, 2.24) is 9.62 Å². The molecule has 1 fully saturated rings. The van der Waals surface area contributed by atoms with E-state index in [1.165, 1.54) is 4.31 Å². The Hall–Kier alpha value is -2.30. The Bertz CT molecular complexity index is 1050. The van der Waals surface area contributed by atoms with Crippen LogP contribution in [0.5, 0.6) is 0 Å². The standard InChI is InChI=1S/C20H20BrFN2O5S/c21-15-3-1-13(2-4-15)14-7-9-24(10-8-14)30(28,29)16-5-6-17(18(22)11-16)20(27)23-12-19(25)26/h1-6,11,14H,7-10,12H2,(H,23,27)(H,25,26). The fourth-order valence-corrected chi connectivity index (χ4v) is 5.15. The molecule has 0 unspecified atom stereocenters. The van der Waals surface area contributed by atoms with E-state index in [0.717, 1.165) is 28.2 Å². The highest BCUT2D eigenvalue weighted by Crippen LogP contribution is 2.31. The predicted molar refractivity (Wildman–Crippen MR) is 111 cm³/mol. The second-order valence-corrected chi connectivity index (χ2v) is 9.80. The molecule has 3 rings (SSSR count). The molecular weight excluding hydrogens is 479 g/mol. The molecular formula is C20H20BrFN2O5S. The molecule has 0 aliphatic carbocycles. The molecule has 1 saturated heterocycles. The summed E-state index contributed by atoms with van der Waals surface area (Å²) in [6, 6.07) is 10.9. The van der Waals surface area contributed by atoms with Crippen LogP contribution in [0.25, 0.3) is 0 Å². The topological polar surface area (TPSA) is 104 Å². The zero-order chi connectivity index (χ0) is 21.9. The lowest BCUT2D eigenvalue weighted by Gasteiger charge is -2.31. The van der Waals surface area contributed by atoms with Crippen molar-refractivity contribution in [2.24, 2.45) is 0 Å². The molecule has 0 spiro atoms. The highest BCUT2D eigenvalue weighted by Gasteiger charge is 2.30. The molecule has 1 aliphatic rings. The first-order valence-corrected chi connectivity index (χ1v) is 11.5. The Kier molecular flexibility index (Phi) is 6.89. The molecule has 2 N–H and O–H groups in total. The van der Waals surface area contributed by atoms with Crippen LogP contribution in [0.2, 0.25) is 0 Å². The lowest BCUT2D eigenvalue weighted by Crippen LogP contribution is -2.38. The quantitative estimate of drug-likeness (QED) is 0.636. The van der Waals surface area contributed by atoms with Crippen LogP contribution in [-0.2, 0) is 14.8 Å². The van der Waals surface area contributed by atoms with E-state index < -0.39 is 39.8 Å². The lowest BCUT2D eigenvalue weighted by molar-refractivity contribution is -0.135. The van der Waals surface area contributed by atoms with Gasteiger partial charge in [-0.05, 0) is 54.7 Å². The van der Waals surface area contributed by atoms with Gasteiger partial charge >= 0.3 is 5.97 Å². The second-order valence-electron chi connectivity index (χ2n) is 6.95. The summed E-state index contributed by atoms with van der Waals surface area (Å²) in [5.74, 6) is -2.96. The van der Waals surface area contributed by atoms with Crippen molar-refractivity contribution in [2.45, 2.75) is 23.7 Å². The largest absolute Gasteiger partial charge is 0.480 e. The zero-order valence-corrected chi connectivity index (χ0v) is 18.2. The highest BCUT2D eigenvalue weighted by atomic mass is 79.9. The minimum Gasteiger partial charge on any atom is -0.480 e. The Balaban J connectivity index is 1.70. The van der Waals surface area contributed by atoms with Crippen molar-refractivity contribution in [3.63, 3.8) is 0 Å². The van der Waals surface area contributed by atoms with Gasteiger partial charge < -0.3 is 10.4 Å². The lowest BCUT2D eigenvalue weighted by atomic mass is 9.90. The average molecular weight is 499 g/mol. The Morgan fingerprint density at radius 2 is 1.77 bits per heavy atom. The van der Waals surface area contributed by atoms with E-state index in [9.17, 15) is 22.4 Å². The fourth-order valence-electron chi connectivity index (χ4n) is 3.41. The minimum absolute atomic E-state index is 0.239. The summed E-state index contributed by atoms with van der Waals surface area (Å²) < 4.78 is 42.4. The number of benzene rings is 2. The average Bonchev–Trinajstić information content (AvgIpc) is 2.72. The van der Waals surface area contributed by atoms with E-state index in [-0.39, 0.29) is 10.8 Å². The number of piperidine rings is 1. The first kappa shape index (κ1) is 22.4. The Labute approximate surface area is 182 Å². The van der Waals surface area contributed by atoms with E-state index in [0.29, 0.717) is 25.9 Å². The van der Waals surface area contributed by atoms with Crippen LogP contribution in [0.1, 0.15) is 34.7 Å². The van der Waals surface area contributed by atoms with Crippen LogP contribution in [-0.4, -0.2) is 49.3 Å². The molecule has 7 nitrogen and oxygen atoms in total. The third-order valence-corrected chi connectivity index (χ3v) is 7.44. The van der Waals surface area contributed by atoms with Crippen LogP contribution in [0, 0.1) is 5.82 Å². The number of hydrogen-bond acceptors (Lipinski definition) is 4. The molecule has 2 aromatic rings. The first-order chi connectivity index (χ1) is 14.2. The number of aliphatic carboxylic acids is 1. The van der Waals surface area contributed by atoms with Crippen molar-refractivity contribution in [3.8, 4) is 0 Å². The van der Waals surface area contributed by atoms with E-state index in [4.69, 9.17) is 5.11 Å². The number of rotatable bonds is 6. The minimum atomic E-state index is -3.91. The number of carboxylic acid groups (broad SMARTS) is 1. The summed E-state index contributed by atoms with van der Waals surface area (Å²) >= 11 is 3.40. The number of carbonyl (C=O) groups is 2. The predicted octanol–water partition coefficient (Wildman–Crippen LogP) is 2.97. The third-order valence-electron chi connectivity index (χ3n) is 5.02. The van der Waals surface area contributed by atoms with Gasteiger partial charge in [0.2, 0.25) is 10.0 Å². The van der Waals surface area contributed by atoms with Crippen LogP contribution in [0.3, 0.4) is 0 Å². The van der Waals surface area contributed by atoms with E-state index in [1.54, 1.807) is 0 Å². The van der Waals surface area contributed by atoms with Gasteiger partial charge in [0, 0.05) is 17.6 Å². The smallest absolute Gasteiger partial charge is 0.322 e. The summed E-state index contributed by atoms with van der Waals surface area (Å²) in [6.45, 7) is -0.0390. The number of nitrogens with one attached hydrogen (secondary N) is 1. The first-order valence-electron chi connectivity index (χ1n) is 9.23. The Morgan fingerprint density at radius 3 is 2.33 bits per heavy atom. The SMILES string of the molecule is O=C(O)CNC(=O)c1ccc(S(=O)(=O)N2CCC(c3ccc(Br)cc3)CC2)cc1F. The van der Waals surface area contributed by atoms with Gasteiger partial charge in [-0.2, -0.15) is 4.31 Å². The van der Waals surface area contributed by atoms with Gasteiger partial charge in [0.15, 0.2) is 0 Å². The van der Waals surface area contributed by atoms with Gasteiger partial charge in [0.1, 0.15) is 12.4 Å². The van der Waals surface area contributed by atoms with Crippen molar-refractivity contribution in [1.29, 1.82) is 0 Å². The summed E-state index contributed by atoms with van der Waals surface area (Å²) in [5.41, 5.74) is 0.738. The maximum Gasteiger partial charge on any atom is 0.322 e. The normalized spacial score (nSPS) is 15.7. The van der Waals surface area contributed by atoms with E-state index in [1.807, 2.05) is 29.6 Å². The molecule has 2 aromatic carbocycles. The van der Waals surface area contributed by atoms with Gasteiger partial charge in [0.05, 0.1) is 10.5 Å². The summed E-state index contributed by atoms with van der Waals surface area (Å²) in [5, 5.41) is 10.6. The fraction of sp³-hybridized carbons (Fsp3) is 0.300. The molecule has 0 saturated carbocycles. The van der Waals surface area contributed by atoms with Crippen molar-refractivity contribution < 1.29 is 27.5 Å². The van der Waals surface area contributed by atoms with Crippen molar-refractivity contribution in [2.75, 3.05) is 19.6 Å². The number of carbonyl (C=O) groups excluding carboxylic acids is 1. The summed E-state index contributed by atoms with van der Waals surface area (Å²) in [6.07, 6.45) is 1.30. The summed E-state index contributed by atoms with van der Waals surface area (Å²) in [7, 11) is -3.91. The van der Waals surface area contributed by atoms with Gasteiger partial charge in [-0.1, -0.05) is 28.1 Å². The van der Waals surface area contributed by atoms with Crippen LogP contribution >= 0.6 is 15.9 Å². The number of sulfonamides is 1. The Morgan fingerprint density at radius 1 is 1.13 bits per heavy atom. The second kappa shape index (κ2) is 9.23. The molecule has 0 aromatic heterocycles. The van der Waals surface area contributed by atoms with Crippen LogP contribution < -0.4 is 5.32 Å². The molecule has 1 aliphatic heterocycles. The maximum absolute atomic E-state index is 14.3. The van der Waals surface area contributed by atoms with E-state index in [2.05, 4.69) is 15.9 Å². The number of halogens is 2. The van der Waals surface area contributed by atoms with E-state index >= 15 is 0 Å². The molecule has 1 heterocycles. The molecule has 10 heteroatoms. The number of amides is 1. The number of hydrogen-bond donors (Lipinski definition) is 2. The monoisotopic (exact) mass is 498 g/mol.